The molecule has 4 rings (SSSR count). The predicted octanol–water partition coefficient (Wildman–Crippen LogP) is 4.37. The number of hydrogen-bond acceptors (Lipinski definition) is 3. The zero-order chi connectivity index (χ0) is 22.2. The molecule has 3 aromatic carbocycles. The van der Waals surface area contributed by atoms with Gasteiger partial charge in [0.25, 0.3) is 5.91 Å². The van der Waals surface area contributed by atoms with Crippen molar-refractivity contribution in [2.75, 3.05) is 11.9 Å². The van der Waals surface area contributed by atoms with Gasteiger partial charge in [0, 0.05) is 5.69 Å². The number of benzene rings is 3. The van der Waals surface area contributed by atoms with Gasteiger partial charge in [-0.2, -0.15) is 0 Å². The third-order valence-electron chi connectivity index (χ3n) is 5.74. The number of carbonyl (C=O) groups is 3. The topological polar surface area (TPSA) is 78.5 Å². The smallest absolute Gasteiger partial charge is 0.325 e. The van der Waals surface area contributed by atoms with Crippen LogP contribution in [-0.2, 0) is 15.1 Å². The number of anilines is 1. The Morgan fingerprint density at radius 3 is 2.48 bits per heavy atom. The molecule has 0 saturated carbocycles. The molecule has 1 saturated heterocycles. The molecule has 2 N–H and O–H groups in total. The Bertz CT molecular complexity index is 1190. The van der Waals surface area contributed by atoms with Crippen LogP contribution < -0.4 is 10.6 Å². The molecular formula is C25H25N3O3. The fraction of sp³-hybridized carbons (Fsp3) is 0.240. The molecule has 0 unspecified atom stereocenters. The first-order valence-corrected chi connectivity index (χ1v) is 10.3. The summed E-state index contributed by atoms with van der Waals surface area (Å²) >= 11 is 0. The minimum absolute atomic E-state index is 0.324. The van der Waals surface area contributed by atoms with Crippen molar-refractivity contribution in [3.05, 3.63) is 77.9 Å². The standard InChI is InChI=1S/C25H25N3O3/c1-16(2)18-9-6-10-21(14-18)26-22(29)15-28-23(30)25(3,27-24(28)31)20-12-11-17-7-4-5-8-19(17)13-20/h4-14,16H,15H2,1-3H3,(H,26,29)(H,27,31)/t25-/m0/s1. The molecule has 1 heterocycles. The van der Waals surface area contributed by atoms with E-state index in [0.29, 0.717) is 17.2 Å². The second kappa shape index (κ2) is 7.87. The lowest BCUT2D eigenvalue weighted by molar-refractivity contribution is -0.133. The van der Waals surface area contributed by atoms with Gasteiger partial charge in [0.15, 0.2) is 0 Å². The van der Waals surface area contributed by atoms with Crippen LogP contribution >= 0.6 is 0 Å². The van der Waals surface area contributed by atoms with Gasteiger partial charge in [0.05, 0.1) is 0 Å². The Balaban J connectivity index is 1.52. The number of nitrogens with one attached hydrogen (secondary N) is 2. The second-order valence-corrected chi connectivity index (χ2v) is 8.34. The molecule has 0 aromatic heterocycles. The van der Waals surface area contributed by atoms with Crippen molar-refractivity contribution in [2.24, 2.45) is 0 Å². The Hall–Kier alpha value is -3.67. The highest BCUT2D eigenvalue weighted by Gasteiger charge is 2.49. The van der Waals surface area contributed by atoms with Crippen molar-refractivity contribution < 1.29 is 14.4 Å². The average Bonchev–Trinajstić information content (AvgIpc) is 2.97. The lowest BCUT2D eigenvalue weighted by Gasteiger charge is -2.22. The molecule has 1 atom stereocenters. The van der Waals surface area contributed by atoms with Gasteiger partial charge in [-0.25, -0.2) is 4.79 Å². The average molecular weight is 415 g/mol. The number of amides is 4. The zero-order valence-electron chi connectivity index (χ0n) is 17.8. The van der Waals surface area contributed by atoms with Gasteiger partial charge < -0.3 is 10.6 Å². The molecule has 0 bridgehead atoms. The van der Waals surface area contributed by atoms with Gasteiger partial charge in [-0.1, -0.05) is 62.4 Å². The Kier molecular flexibility index (Phi) is 5.23. The second-order valence-electron chi connectivity index (χ2n) is 8.34. The van der Waals surface area contributed by atoms with Crippen molar-refractivity contribution in [1.29, 1.82) is 0 Å². The molecule has 4 amide bonds. The van der Waals surface area contributed by atoms with Gasteiger partial charge in [0.2, 0.25) is 5.91 Å². The summed E-state index contributed by atoms with van der Waals surface area (Å²) in [6, 6.07) is 20.4. The monoisotopic (exact) mass is 415 g/mol. The van der Waals surface area contributed by atoms with Crippen LogP contribution in [0.4, 0.5) is 10.5 Å². The van der Waals surface area contributed by atoms with Crippen LogP contribution in [0.15, 0.2) is 66.7 Å². The predicted molar refractivity (Wildman–Crippen MR) is 121 cm³/mol. The summed E-state index contributed by atoms with van der Waals surface area (Å²) in [5, 5.41) is 7.57. The van der Waals surface area contributed by atoms with Crippen molar-refractivity contribution in [2.45, 2.75) is 32.2 Å². The van der Waals surface area contributed by atoms with Crippen LogP contribution in [0, 0.1) is 0 Å². The summed E-state index contributed by atoms with van der Waals surface area (Å²) in [7, 11) is 0. The highest BCUT2D eigenvalue weighted by atomic mass is 16.2. The lowest BCUT2D eigenvalue weighted by Crippen LogP contribution is -2.42. The van der Waals surface area contributed by atoms with E-state index < -0.39 is 23.4 Å². The van der Waals surface area contributed by atoms with Gasteiger partial charge in [0.1, 0.15) is 12.1 Å². The summed E-state index contributed by atoms with van der Waals surface area (Å²) in [6.45, 7) is 5.46. The summed E-state index contributed by atoms with van der Waals surface area (Å²) in [4.78, 5) is 39.3. The Labute approximate surface area is 181 Å². The largest absolute Gasteiger partial charge is 0.325 e. The van der Waals surface area contributed by atoms with Gasteiger partial charge in [-0.3, -0.25) is 14.5 Å². The third-order valence-corrected chi connectivity index (χ3v) is 5.74. The fourth-order valence-electron chi connectivity index (χ4n) is 3.86. The van der Waals surface area contributed by atoms with Crippen LogP contribution in [0.25, 0.3) is 10.8 Å². The van der Waals surface area contributed by atoms with E-state index in [1.165, 1.54) is 0 Å². The quantitative estimate of drug-likeness (QED) is 0.608. The van der Waals surface area contributed by atoms with Gasteiger partial charge >= 0.3 is 6.03 Å². The van der Waals surface area contributed by atoms with E-state index in [9.17, 15) is 14.4 Å². The van der Waals surface area contributed by atoms with Crippen molar-refractivity contribution >= 4 is 34.3 Å². The Morgan fingerprint density at radius 2 is 1.74 bits per heavy atom. The molecule has 31 heavy (non-hydrogen) atoms. The highest BCUT2D eigenvalue weighted by Crippen LogP contribution is 2.31. The number of urea groups is 1. The lowest BCUT2D eigenvalue weighted by atomic mass is 9.90. The molecule has 1 fully saturated rings. The highest BCUT2D eigenvalue weighted by molar-refractivity contribution is 6.10. The molecule has 0 spiro atoms. The number of imide groups is 1. The first-order valence-electron chi connectivity index (χ1n) is 10.3. The van der Waals surface area contributed by atoms with E-state index in [2.05, 4.69) is 24.5 Å². The SMILES string of the molecule is CC(C)c1cccc(NC(=O)CN2C(=O)N[C@@](C)(c3ccc4ccccc4c3)C2=O)c1. The third kappa shape index (κ3) is 3.89. The molecule has 3 aromatic rings. The minimum Gasteiger partial charge on any atom is -0.325 e. The summed E-state index contributed by atoms with van der Waals surface area (Å²) < 4.78 is 0. The molecule has 158 valence electrons. The summed E-state index contributed by atoms with van der Waals surface area (Å²) in [5.41, 5.74) is 1.19. The van der Waals surface area contributed by atoms with Crippen molar-refractivity contribution in [1.82, 2.24) is 10.2 Å². The molecule has 6 nitrogen and oxygen atoms in total. The fourth-order valence-corrected chi connectivity index (χ4v) is 3.86. The Morgan fingerprint density at radius 1 is 1.00 bits per heavy atom. The number of carbonyl (C=O) groups excluding carboxylic acids is 3. The first-order chi connectivity index (χ1) is 14.8. The normalized spacial score (nSPS) is 18.5. The molecule has 1 aliphatic rings. The van der Waals surface area contributed by atoms with E-state index in [1.54, 1.807) is 13.0 Å². The van der Waals surface area contributed by atoms with Crippen LogP contribution in [0.1, 0.15) is 37.8 Å². The number of fused-ring (bicyclic) bond motifs is 1. The van der Waals surface area contributed by atoms with Gasteiger partial charge in [-0.05, 0) is 52.9 Å². The molecule has 0 aliphatic carbocycles. The first kappa shape index (κ1) is 20.6. The van der Waals surface area contributed by atoms with Crippen molar-refractivity contribution in [3.8, 4) is 0 Å². The van der Waals surface area contributed by atoms with E-state index >= 15 is 0 Å². The minimum atomic E-state index is -1.22. The molecule has 6 heteroatoms. The zero-order valence-corrected chi connectivity index (χ0v) is 17.8. The number of rotatable bonds is 5. The maximum atomic E-state index is 13.2. The van der Waals surface area contributed by atoms with Crippen LogP contribution in [0.3, 0.4) is 0 Å². The molecule has 0 radical (unpaired) electrons. The van der Waals surface area contributed by atoms with E-state index in [0.717, 1.165) is 21.2 Å². The van der Waals surface area contributed by atoms with E-state index in [1.807, 2.05) is 60.7 Å². The van der Waals surface area contributed by atoms with E-state index in [-0.39, 0.29) is 6.54 Å². The van der Waals surface area contributed by atoms with Crippen LogP contribution in [-0.4, -0.2) is 29.3 Å². The van der Waals surface area contributed by atoms with Gasteiger partial charge in [-0.15, -0.1) is 0 Å². The maximum Gasteiger partial charge on any atom is 0.325 e. The molecule has 1 aliphatic heterocycles. The van der Waals surface area contributed by atoms with Crippen LogP contribution in [0.5, 0.6) is 0 Å². The summed E-state index contributed by atoms with van der Waals surface area (Å²) in [6.07, 6.45) is 0. The number of nitrogens with zero attached hydrogens (tertiary/aromatic N) is 1. The van der Waals surface area contributed by atoms with Crippen molar-refractivity contribution in [3.63, 3.8) is 0 Å². The number of hydrogen-bond donors (Lipinski definition) is 2. The van der Waals surface area contributed by atoms with Crippen LogP contribution in [0.2, 0.25) is 0 Å². The maximum absolute atomic E-state index is 13.2. The molecular weight excluding hydrogens is 390 g/mol. The van der Waals surface area contributed by atoms with E-state index in [4.69, 9.17) is 0 Å². The summed E-state index contributed by atoms with van der Waals surface area (Å²) in [5.74, 6) is -0.545.